The molecule has 0 fully saturated rings. The van der Waals surface area contributed by atoms with E-state index in [2.05, 4.69) is 65.6 Å². The molecule has 0 atom stereocenters. The molecule has 1 aromatic heterocycles. The Labute approximate surface area is 160 Å². The maximum atomic E-state index is 5.43. The molecule has 142 valence electrons. The Kier molecular flexibility index (Phi) is 8.58. The van der Waals surface area contributed by atoms with Gasteiger partial charge in [0, 0.05) is 31.0 Å². The van der Waals surface area contributed by atoms with Crippen LogP contribution in [0, 0.1) is 13.8 Å². The second kappa shape index (κ2) is 10.9. The summed E-state index contributed by atoms with van der Waals surface area (Å²) in [5.74, 6) is 0.843. The van der Waals surface area contributed by atoms with E-state index in [1.165, 1.54) is 21.0 Å². The molecule has 0 amide bonds. The van der Waals surface area contributed by atoms with E-state index >= 15 is 0 Å². The van der Waals surface area contributed by atoms with Gasteiger partial charge in [-0.3, -0.25) is 0 Å². The van der Waals surface area contributed by atoms with Crippen molar-refractivity contribution in [3.05, 3.63) is 51.0 Å². The third-order valence-corrected chi connectivity index (χ3v) is 5.10. The summed E-state index contributed by atoms with van der Waals surface area (Å²) in [5.41, 5.74) is 3.52. The zero-order valence-electron chi connectivity index (χ0n) is 16.3. The quantitative estimate of drug-likeness (QED) is 0.520. The van der Waals surface area contributed by atoms with Gasteiger partial charge in [0.15, 0.2) is 5.96 Å². The molecule has 2 aromatic rings. The topological polar surface area (TPSA) is 58.5 Å². The molecule has 0 saturated carbocycles. The molecule has 2 N–H and O–H groups in total. The fourth-order valence-electron chi connectivity index (χ4n) is 2.41. The minimum Gasteiger partial charge on any atom is -0.377 e. The maximum absolute atomic E-state index is 5.43. The van der Waals surface area contributed by atoms with Crippen molar-refractivity contribution in [3.63, 3.8) is 0 Å². The van der Waals surface area contributed by atoms with Crippen LogP contribution in [0.25, 0.3) is 0 Å². The van der Waals surface area contributed by atoms with Crippen molar-refractivity contribution in [1.29, 1.82) is 0 Å². The third-order valence-electron chi connectivity index (χ3n) is 3.96. The molecule has 1 heterocycles. The van der Waals surface area contributed by atoms with Gasteiger partial charge in [0.1, 0.15) is 0 Å². The van der Waals surface area contributed by atoms with Gasteiger partial charge in [-0.05, 0) is 38.8 Å². The van der Waals surface area contributed by atoms with Crippen LogP contribution < -0.4 is 10.6 Å². The molecule has 2 rings (SSSR count). The molecule has 26 heavy (non-hydrogen) atoms. The van der Waals surface area contributed by atoms with E-state index in [4.69, 9.17) is 4.74 Å². The van der Waals surface area contributed by atoms with Crippen LogP contribution in [0.1, 0.15) is 40.6 Å². The number of thiazole rings is 1. The summed E-state index contributed by atoms with van der Waals surface area (Å²) in [7, 11) is 0. The first-order chi connectivity index (χ1) is 12.6. The minimum absolute atomic E-state index is 0.652. The fourth-order valence-corrected chi connectivity index (χ4v) is 3.34. The number of nitrogens with zero attached hydrogens (tertiary/aromatic N) is 2. The lowest BCUT2D eigenvalue weighted by Gasteiger charge is -2.11. The molecule has 0 spiro atoms. The minimum atomic E-state index is 0.652. The zero-order chi connectivity index (χ0) is 18.8. The summed E-state index contributed by atoms with van der Waals surface area (Å²) in [4.78, 5) is 10.6. The highest BCUT2D eigenvalue weighted by molar-refractivity contribution is 7.11. The number of hydrogen-bond acceptors (Lipinski definition) is 4. The van der Waals surface area contributed by atoms with Crippen LogP contribution in [0.3, 0.4) is 0 Å². The van der Waals surface area contributed by atoms with Crippen LogP contribution in [0.15, 0.2) is 29.3 Å². The molecule has 0 aliphatic heterocycles. The molecule has 0 radical (unpaired) electrons. The Balaban J connectivity index is 1.85. The van der Waals surface area contributed by atoms with Crippen LogP contribution >= 0.6 is 11.3 Å². The molecule has 6 heteroatoms. The van der Waals surface area contributed by atoms with Gasteiger partial charge in [-0.2, -0.15) is 0 Å². The first-order valence-electron chi connectivity index (χ1n) is 9.23. The second-order valence-electron chi connectivity index (χ2n) is 6.07. The summed E-state index contributed by atoms with van der Waals surface area (Å²) in [6.07, 6.45) is 0.913. The average molecular weight is 375 g/mol. The van der Waals surface area contributed by atoms with Gasteiger partial charge in [-0.1, -0.05) is 24.3 Å². The number of guanidine groups is 1. The van der Waals surface area contributed by atoms with Gasteiger partial charge >= 0.3 is 0 Å². The molecule has 0 bridgehead atoms. The first kappa shape index (κ1) is 20.4. The number of ether oxygens (including phenoxy) is 1. The van der Waals surface area contributed by atoms with Gasteiger partial charge in [-0.25, -0.2) is 9.98 Å². The first-order valence-corrected chi connectivity index (χ1v) is 10.0. The normalized spacial score (nSPS) is 11.6. The number of aromatic nitrogens is 1. The lowest BCUT2D eigenvalue weighted by molar-refractivity contribution is 0.134. The number of aryl methyl sites for hydroxylation is 2. The van der Waals surface area contributed by atoms with Gasteiger partial charge < -0.3 is 15.4 Å². The Morgan fingerprint density at radius 1 is 1.12 bits per heavy atom. The van der Waals surface area contributed by atoms with E-state index < -0.39 is 0 Å². The van der Waals surface area contributed by atoms with Crippen LogP contribution in [0.4, 0.5) is 0 Å². The average Bonchev–Trinajstić information content (AvgIpc) is 2.96. The number of aliphatic imine (C=N–C) groups is 1. The SMILES string of the molecule is CCNC(=NCc1ccc(COCC)cc1)NCCc1nc(C)c(C)s1. The van der Waals surface area contributed by atoms with Crippen molar-refractivity contribution in [2.24, 2.45) is 4.99 Å². The fraction of sp³-hybridized carbons (Fsp3) is 0.500. The standard InChI is InChI=1S/C20H30N4OS/c1-5-21-20(22-12-11-19-24-15(3)16(4)26-19)23-13-17-7-9-18(10-8-17)14-25-6-2/h7-10H,5-6,11-14H2,1-4H3,(H2,21,22,23). The van der Waals surface area contributed by atoms with Gasteiger partial charge in [0.05, 0.1) is 23.9 Å². The largest absolute Gasteiger partial charge is 0.377 e. The Morgan fingerprint density at radius 2 is 1.85 bits per heavy atom. The van der Waals surface area contributed by atoms with Crippen molar-refractivity contribution >= 4 is 17.3 Å². The summed E-state index contributed by atoms with van der Waals surface area (Å²) in [6, 6.07) is 8.44. The van der Waals surface area contributed by atoms with Crippen molar-refractivity contribution in [2.45, 2.75) is 47.3 Å². The maximum Gasteiger partial charge on any atom is 0.191 e. The summed E-state index contributed by atoms with van der Waals surface area (Å²) in [6.45, 7) is 12.0. The molecule has 0 aliphatic carbocycles. The zero-order valence-corrected chi connectivity index (χ0v) is 17.1. The summed E-state index contributed by atoms with van der Waals surface area (Å²) < 4.78 is 5.43. The predicted molar refractivity (Wildman–Crippen MR) is 110 cm³/mol. The van der Waals surface area contributed by atoms with E-state index in [-0.39, 0.29) is 0 Å². The van der Waals surface area contributed by atoms with Crippen LogP contribution in [0.2, 0.25) is 0 Å². The summed E-state index contributed by atoms with van der Waals surface area (Å²) >= 11 is 1.77. The van der Waals surface area contributed by atoms with Crippen molar-refractivity contribution < 1.29 is 4.74 Å². The van der Waals surface area contributed by atoms with Crippen LogP contribution in [-0.2, 0) is 24.3 Å². The third kappa shape index (κ3) is 6.77. The molecule has 1 aromatic carbocycles. The van der Waals surface area contributed by atoms with Crippen molar-refractivity contribution in [1.82, 2.24) is 15.6 Å². The van der Waals surface area contributed by atoms with E-state index in [0.29, 0.717) is 13.2 Å². The second-order valence-corrected chi connectivity index (χ2v) is 7.36. The molecule has 0 unspecified atom stereocenters. The highest BCUT2D eigenvalue weighted by atomic mass is 32.1. The monoisotopic (exact) mass is 374 g/mol. The van der Waals surface area contributed by atoms with E-state index in [0.717, 1.165) is 37.8 Å². The van der Waals surface area contributed by atoms with E-state index in [1.807, 2.05) is 6.92 Å². The highest BCUT2D eigenvalue weighted by Gasteiger charge is 2.04. The lowest BCUT2D eigenvalue weighted by atomic mass is 10.1. The molecular weight excluding hydrogens is 344 g/mol. The molecule has 5 nitrogen and oxygen atoms in total. The van der Waals surface area contributed by atoms with Gasteiger partial charge in [0.2, 0.25) is 0 Å². The number of hydrogen-bond donors (Lipinski definition) is 2. The van der Waals surface area contributed by atoms with Crippen LogP contribution in [-0.4, -0.2) is 30.6 Å². The molecular formula is C20H30N4OS. The Morgan fingerprint density at radius 3 is 2.46 bits per heavy atom. The smallest absolute Gasteiger partial charge is 0.191 e. The lowest BCUT2D eigenvalue weighted by Crippen LogP contribution is -2.38. The van der Waals surface area contributed by atoms with Crippen molar-refractivity contribution in [2.75, 3.05) is 19.7 Å². The van der Waals surface area contributed by atoms with Gasteiger partial charge in [-0.15, -0.1) is 11.3 Å². The molecule has 0 saturated heterocycles. The number of benzene rings is 1. The predicted octanol–water partition coefficient (Wildman–Crippen LogP) is 3.59. The summed E-state index contributed by atoms with van der Waals surface area (Å²) in [5, 5.41) is 7.86. The Hall–Kier alpha value is -1.92. The molecule has 0 aliphatic rings. The number of nitrogens with one attached hydrogen (secondary N) is 2. The van der Waals surface area contributed by atoms with Crippen molar-refractivity contribution in [3.8, 4) is 0 Å². The highest BCUT2D eigenvalue weighted by Crippen LogP contribution is 2.16. The van der Waals surface area contributed by atoms with E-state index in [1.54, 1.807) is 11.3 Å². The number of rotatable bonds is 9. The van der Waals surface area contributed by atoms with Gasteiger partial charge in [0.25, 0.3) is 0 Å². The van der Waals surface area contributed by atoms with E-state index in [9.17, 15) is 0 Å². The Bertz CT molecular complexity index is 675. The van der Waals surface area contributed by atoms with Crippen LogP contribution in [0.5, 0.6) is 0 Å².